The molecule has 0 spiro atoms. The van der Waals surface area contributed by atoms with Crippen molar-refractivity contribution in [2.75, 3.05) is 10.2 Å². The number of amides is 3. The van der Waals surface area contributed by atoms with Gasteiger partial charge in [0.25, 0.3) is 11.6 Å². The molecule has 1 aliphatic heterocycles. The lowest BCUT2D eigenvalue weighted by Gasteiger charge is -2.14. The minimum atomic E-state index is -0.531. The molecule has 5 rings (SSSR count). The van der Waals surface area contributed by atoms with E-state index in [1.807, 2.05) is 24.3 Å². The maximum absolute atomic E-state index is 13.0. The van der Waals surface area contributed by atoms with Crippen LogP contribution in [-0.2, 0) is 9.59 Å². The minimum Gasteiger partial charge on any atom is -0.321 e. The summed E-state index contributed by atoms with van der Waals surface area (Å²) in [5, 5.41) is 14.7. The Morgan fingerprint density at radius 1 is 1.00 bits per heavy atom. The molecule has 0 aliphatic carbocycles. The van der Waals surface area contributed by atoms with E-state index in [2.05, 4.69) is 10.3 Å². The van der Waals surface area contributed by atoms with Gasteiger partial charge in [0.05, 0.1) is 26.5 Å². The summed E-state index contributed by atoms with van der Waals surface area (Å²) in [5.41, 5.74) is 2.11. The lowest BCUT2D eigenvalue weighted by molar-refractivity contribution is -0.384. The molecule has 3 aromatic carbocycles. The number of nitrogens with one attached hydrogen (secondary N) is 1. The van der Waals surface area contributed by atoms with Crippen molar-refractivity contribution in [3.63, 3.8) is 0 Å². The van der Waals surface area contributed by atoms with Crippen LogP contribution in [0, 0.1) is 10.1 Å². The Balaban J connectivity index is 1.46. The molecule has 0 saturated carbocycles. The number of para-hydroxylation sites is 1. The summed E-state index contributed by atoms with van der Waals surface area (Å²) in [7, 11) is 0. The average Bonchev–Trinajstić information content (AvgIpc) is 3.41. The normalized spacial score (nSPS) is 13.5. The third-order valence-electron chi connectivity index (χ3n) is 5.43. The zero-order valence-corrected chi connectivity index (χ0v) is 18.4. The molecule has 1 fully saturated rings. The molecular formula is C24H16N4O5S. The zero-order chi connectivity index (χ0) is 23.8. The monoisotopic (exact) mass is 472 g/mol. The number of carbonyl (C=O) groups excluding carboxylic acids is 3. The van der Waals surface area contributed by atoms with Gasteiger partial charge < -0.3 is 5.32 Å². The summed E-state index contributed by atoms with van der Waals surface area (Å²) >= 11 is 1.42. The van der Waals surface area contributed by atoms with Crippen LogP contribution in [0.3, 0.4) is 0 Å². The Labute approximate surface area is 196 Å². The second-order valence-corrected chi connectivity index (χ2v) is 8.63. The van der Waals surface area contributed by atoms with E-state index in [-0.39, 0.29) is 41.6 Å². The fourth-order valence-corrected chi connectivity index (χ4v) is 4.75. The van der Waals surface area contributed by atoms with Gasteiger partial charge in [-0.05, 0) is 42.5 Å². The number of anilines is 2. The average molecular weight is 472 g/mol. The summed E-state index contributed by atoms with van der Waals surface area (Å²) in [4.78, 5) is 53.3. The van der Waals surface area contributed by atoms with Gasteiger partial charge in [-0.3, -0.25) is 29.4 Å². The van der Waals surface area contributed by atoms with Gasteiger partial charge in [-0.2, -0.15) is 0 Å². The first kappa shape index (κ1) is 21.4. The highest BCUT2D eigenvalue weighted by molar-refractivity contribution is 7.21. The van der Waals surface area contributed by atoms with Crippen LogP contribution in [0.25, 0.3) is 20.8 Å². The van der Waals surface area contributed by atoms with Gasteiger partial charge in [0, 0.05) is 36.1 Å². The van der Waals surface area contributed by atoms with Crippen LogP contribution in [0.2, 0.25) is 0 Å². The zero-order valence-electron chi connectivity index (χ0n) is 17.6. The number of rotatable bonds is 5. The van der Waals surface area contributed by atoms with Crippen molar-refractivity contribution >= 4 is 56.3 Å². The Morgan fingerprint density at radius 3 is 2.38 bits per heavy atom. The summed E-state index contributed by atoms with van der Waals surface area (Å²) in [6.07, 6.45) is 0.338. The van der Waals surface area contributed by atoms with E-state index in [9.17, 15) is 24.5 Å². The van der Waals surface area contributed by atoms with E-state index >= 15 is 0 Å². The number of aromatic nitrogens is 1. The van der Waals surface area contributed by atoms with Gasteiger partial charge in [-0.15, -0.1) is 11.3 Å². The van der Waals surface area contributed by atoms with E-state index in [1.165, 1.54) is 47.7 Å². The van der Waals surface area contributed by atoms with Crippen molar-refractivity contribution < 1.29 is 19.3 Å². The highest BCUT2D eigenvalue weighted by Crippen LogP contribution is 2.36. The van der Waals surface area contributed by atoms with Crippen molar-refractivity contribution in [1.29, 1.82) is 0 Å². The number of carbonyl (C=O) groups is 3. The van der Waals surface area contributed by atoms with Crippen LogP contribution in [0.4, 0.5) is 17.1 Å². The third-order valence-corrected chi connectivity index (χ3v) is 6.50. The summed E-state index contributed by atoms with van der Waals surface area (Å²) < 4.78 is 0.953. The van der Waals surface area contributed by atoms with Crippen LogP contribution in [-0.4, -0.2) is 27.6 Å². The van der Waals surface area contributed by atoms with Gasteiger partial charge in [-0.25, -0.2) is 4.98 Å². The molecule has 4 aromatic rings. The molecule has 0 radical (unpaired) electrons. The van der Waals surface area contributed by atoms with Crippen LogP contribution in [0.1, 0.15) is 23.2 Å². The van der Waals surface area contributed by atoms with E-state index in [4.69, 9.17) is 0 Å². The van der Waals surface area contributed by atoms with Gasteiger partial charge in [-0.1, -0.05) is 12.1 Å². The Kier molecular flexibility index (Phi) is 5.34. The molecule has 9 nitrogen and oxygen atoms in total. The number of imide groups is 1. The number of nitrogens with zero attached hydrogens (tertiary/aromatic N) is 3. The van der Waals surface area contributed by atoms with Crippen molar-refractivity contribution in [2.24, 2.45) is 0 Å². The van der Waals surface area contributed by atoms with Gasteiger partial charge in [0.2, 0.25) is 11.8 Å². The van der Waals surface area contributed by atoms with E-state index in [1.54, 1.807) is 6.07 Å². The standard InChI is InChI=1S/C24H16N4O5S/c29-21-11-12-22(30)27(21)15-7-5-14(6-8-15)23(31)25-19-13-16(28(32)33)9-10-17(19)24-26-18-3-1-2-4-20(18)34-24/h1-10,13H,11-12H2,(H,25,31). The first-order valence-corrected chi connectivity index (χ1v) is 11.1. The van der Waals surface area contributed by atoms with Crippen LogP contribution >= 0.6 is 11.3 Å². The quantitative estimate of drug-likeness (QED) is 0.253. The van der Waals surface area contributed by atoms with Crippen LogP contribution in [0.5, 0.6) is 0 Å². The maximum atomic E-state index is 13.0. The lowest BCUT2D eigenvalue weighted by Crippen LogP contribution is -2.28. The van der Waals surface area contributed by atoms with E-state index in [0.717, 1.165) is 15.1 Å². The molecule has 2 heterocycles. The molecule has 1 aliphatic rings. The maximum Gasteiger partial charge on any atom is 0.271 e. The predicted molar refractivity (Wildman–Crippen MR) is 128 cm³/mol. The summed E-state index contributed by atoms with van der Waals surface area (Å²) in [5.74, 6) is -1.05. The molecule has 1 N–H and O–H groups in total. The van der Waals surface area contributed by atoms with Crippen molar-refractivity contribution in [3.8, 4) is 10.6 Å². The Bertz CT molecular complexity index is 1430. The number of hydrogen-bond donors (Lipinski definition) is 1. The fraction of sp³-hybridized carbons (Fsp3) is 0.0833. The molecule has 0 atom stereocenters. The topological polar surface area (TPSA) is 123 Å². The SMILES string of the molecule is O=C(Nc1cc([N+](=O)[O-])ccc1-c1nc2ccccc2s1)c1ccc(N2C(=O)CCC2=O)cc1. The number of hydrogen-bond acceptors (Lipinski definition) is 7. The van der Waals surface area contributed by atoms with Crippen LogP contribution in [0.15, 0.2) is 66.7 Å². The first-order valence-electron chi connectivity index (χ1n) is 10.3. The number of thiazole rings is 1. The molecule has 1 aromatic heterocycles. The molecule has 10 heteroatoms. The number of fused-ring (bicyclic) bond motifs is 1. The molecule has 34 heavy (non-hydrogen) atoms. The number of non-ortho nitro benzene ring substituents is 1. The molecule has 0 unspecified atom stereocenters. The van der Waals surface area contributed by atoms with Gasteiger partial charge in [0.1, 0.15) is 5.01 Å². The highest BCUT2D eigenvalue weighted by atomic mass is 32.1. The molecular weight excluding hydrogens is 456 g/mol. The Morgan fingerprint density at radius 2 is 1.71 bits per heavy atom. The van der Waals surface area contributed by atoms with Gasteiger partial charge in [0.15, 0.2) is 0 Å². The Hall–Kier alpha value is -4.44. The second-order valence-electron chi connectivity index (χ2n) is 7.60. The number of benzene rings is 3. The fourth-order valence-electron chi connectivity index (χ4n) is 3.74. The van der Waals surface area contributed by atoms with Crippen molar-refractivity contribution in [3.05, 3.63) is 82.4 Å². The highest BCUT2D eigenvalue weighted by Gasteiger charge is 2.30. The second kappa shape index (κ2) is 8.49. The van der Waals surface area contributed by atoms with Crippen molar-refractivity contribution in [2.45, 2.75) is 12.8 Å². The van der Waals surface area contributed by atoms with E-state index in [0.29, 0.717) is 16.3 Å². The molecule has 1 saturated heterocycles. The number of nitro benzene ring substituents is 1. The molecule has 0 bridgehead atoms. The van der Waals surface area contributed by atoms with E-state index < -0.39 is 10.8 Å². The molecule has 168 valence electrons. The summed E-state index contributed by atoms with van der Waals surface area (Å²) in [6.45, 7) is 0. The summed E-state index contributed by atoms with van der Waals surface area (Å²) in [6, 6.07) is 17.9. The largest absolute Gasteiger partial charge is 0.321 e. The lowest BCUT2D eigenvalue weighted by atomic mass is 10.1. The molecule has 3 amide bonds. The van der Waals surface area contributed by atoms with Crippen molar-refractivity contribution in [1.82, 2.24) is 4.98 Å². The third kappa shape index (κ3) is 3.90. The minimum absolute atomic E-state index is 0.165. The predicted octanol–water partition coefficient (Wildman–Crippen LogP) is 4.78. The smallest absolute Gasteiger partial charge is 0.271 e. The van der Waals surface area contributed by atoms with Gasteiger partial charge >= 0.3 is 0 Å². The van der Waals surface area contributed by atoms with Crippen LogP contribution < -0.4 is 10.2 Å². The number of nitro groups is 1. The first-order chi connectivity index (χ1) is 16.4.